The Hall–Kier alpha value is -1.51. The average Bonchev–Trinajstić information content (AvgIpc) is 2.95. The first-order valence-electron chi connectivity index (χ1n) is 6.33. The third-order valence-electron chi connectivity index (χ3n) is 3.87. The molecule has 1 fully saturated rings. The summed E-state index contributed by atoms with van der Waals surface area (Å²) in [5.74, 6) is 0.948. The van der Waals surface area contributed by atoms with Crippen LogP contribution >= 0.6 is 0 Å². The molecule has 0 unspecified atom stereocenters. The summed E-state index contributed by atoms with van der Waals surface area (Å²) in [4.78, 5) is 4.40. The van der Waals surface area contributed by atoms with Crippen LogP contribution in [0.5, 0.6) is 0 Å². The number of furan rings is 1. The van der Waals surface area contributed by atoms with Crippen LogP contribution in [0.1, 0.15) is 32.6 Å². The van der Waals surface area contributed by atoms with Crippen LogP contribution in [0.2, 0.25) is 0 Å². The van der Waals surface area contributed by atoms with Crippen LogP contribution in [0.3, 0.4) is 0 Å². The van der Waals surface area contributed by atoms with Gasteiger partial charge in [-0.2, -0.15) is 0 Å². The molecule has 2 aromatic rings. The maximum Gasteiger partial charge on any atom is 0.139 e. The Kier molecular flexibility index (Phi) is 2.54. The smallest absolute Gasteiger partial charge is 0.139 e. The maximum atomic E-state index is 5.38. The highest BCUT2D eigenvalue weighted by Crippen LogP contribution is 2.37. The van der Waals surface area contributed by atoms with Gasteiger partial charge in [0.2, 0.25) is 0 Å². The Morgan fingerprint density at radius 1 is 1.35 bits per heavy atom. The molecule has 1 N–H and O–H groups in total. The Bertz CT molecular complexity index is 512. The van der Waals surface area contributed by atoms with Crippen molar-refractivity contribution in [3.05, 3.63) is 24.6 Å². The van der Waals surface area contributed by atoms with Gasteiger partial charge in [0.1, 0.15) is 11.4 Å². The molecule has 1 aliphatic rings. The van der Waals surface area contributed by atoms with E-state index in [1.54, 1.807) is 12.5 Å². The maximum absolute atomic E-state index is 5.38. The van der Waals surface area contributed by atoms with Gasteiger partial charge in [0.05, 0.1) is 11.6 Å². The zero-order valence-corrected chi connectivity index (χ0v) is 10.2. The molecule has 0 aliphatic heterocycles. The van der Waals surface area contributed by atoms with Gasteiger partial charge in [0.15, 0.2) is 0 Å². The Morgan fingerprint density at radius 3 is 3.00 bits per heavy atom. The van der Waals surface area contributed by atoms with Crippen molar-refractivity contribution in [1.82, 2.24) is 4.98 Å². The molecule has 2 heterocycles. The van der Waals surface area contributed by atoms with Gasteiger partial charge in [-0.05, 0) is 30.4 Å². The van der Waals surface area contributed by atoms with Crippen LogP contribution in [-0.4, -0.2) is 11.5 Å². The van der Waals surface area contributed by atoms with Crippen molar-refractivity contribution in [3.63, 3.8) is 0 Å². The third kappa shape index (κ3) is 2.02. The molecule has 3 rings (SSSR count). The zero-order chi connectivity index (χ0) is 11.7. The minimum absolute atomic E-state index is 0.438. The van der Waals surface area contributed by atoms with E-state index in [2.05, 4.69) is 17.2 Å². The van der Waals surface area contributed by atoms with Gasteiger partial charge in [0.25, 0.3) is 0 Å². The molecule has 0 saturated heterocycles. The summed E-state index contributed by atoms with van der Waals surface area (Å²) in [6.45, 7) is 3.37. The van der Waals surface area contributed by atoms with Crippen LogP contribution in [0, 0.1) is 5.41 Å². The van der Waals surface area contributed by atoms with E-state index in [9.17, 15) is 0 Å². The van der Waals surface area contributed by atoms with Crippen molar-refractivity contribution < 1.29 is 4.42 Å². The molecule has 1 aliphatic carbocycles. The van der Waals surface area contributed by atoms with Crippen molar-refractivity contribution in [2.75, 3.05) is 11.9 Å². The number of hydrogen-bond acceptors (Lipinski definition) is 3. The lowest BCUT2D eigenvalue weighted by Gasteiger charge is -2.24. The fraction of sp³-hybridized carbons (Fsp3) is 0.500. The van der Waals surface area contributed by atoms with Gasteiger partial charge in [-0.3, -0.25) is 0 Å². The van der Waals surface area contributed by atoms with Crippen molar-refractivity contribution in [2.24, 2.45) is 5.41 Å². The van der Waals surface area contributed by atoms with E-state index in [-0.39, 0.29) is 0 Å². The average molecular weight is 230 g/mol. The number of aromatic nitrogens is 1. The van der Waals surface area contributed by atoms with Gasteiger partial charge in [-0.1, -0.05) is 19.8 Å². The molecular weight excluding hydrogens is 212 g/mol. The molecule has 3 nitrogen and oxygen atoms in total. The predicted octanol–water partition coefficient (Wildman–Crippen LogP) is 3.82. The minimum Gasteiger partial charge on any atom is -0.464 e. The van der Waals surface area contributed by atoms with Crippen LogP contribution < -0.4 is 5.32 Å². The third-order valence-corrected chi connectivity index (χ3v) is 3.87. The highest BCUT2D eigenvalue weighted by molar-refractivity contribution is 5.87. The summed E-state index contributed by atoms with van der Waals surface area (Å²) in [5, 5.41) is 4.56. The van der Waals surface area contributed by atoms with Crippen LogP contribution in [0.4, 0.5) is 5.82 Å². The molecular formula is C14H18N2O. The van der Waals surface area contributed by atoms with E-state index in [1.165, 1.54) is 25.7 Å². The topological polar surface area (TPSA) is 38.1 Å². The van der Waals surface area contributed by atoms with E-state index in [4.69, 9.17) is 4.42 Å². The van der Waals surface area contributed by atoms with E-state index in [0.29, 0.717) is 5.41 Å². The minimum atomic E-state index is 0.438. The summed E-state index contributed by atoms with van der Waals surface area (Å²) < 4.78 is 5.38. The first-order chi connectivity index (χ1) is 8.27. The lowest BCUT2D eigenvalue weighted by Crippen LogP contribution is -2.23. The lowest BCUT2D eigenvalue weighted by molar-refractivity contribution is 0.362. The lowest BCUT2D eigenvalue weighted by atomic mass is 9.89. The summed E-state index contributed by atoms with van der Waals surface area (Å²) in [5.41, 5.74) is 1.34. The first kappa shape index (κ1) is 10.6. The van der Waals surface area contributed by atoms with Gasteiger partial charge >= 0.3 is 0 Å². The Morgan fingerprint density at radius 2 is 2.18 bits per heavy atom. The van der Waals surface area contributed by atoms with Crippen molar-refractivity contribution in [1.29, 1.82) is 0 Å². The molecule has 0 atom stereocenters. The second-order valence-electron chi connectivity index (χ2n) is 5.36. The molecule has 0 spiro atoms. The van der Waals surface area contributed by atoms with Crippen molar-refractivity contribution >= 4 is 16.8 Å². The van der Waals surface area contributed by atoms with Gasteiger partial charge in [-0.15, -0.1) is 0 Å². The molecule has 0 aromatic carbocycles. The quantitative estimate of drug-likeness (QED) is 0.871. The fourth-order valence-electron chi connectivity index (χ4n) is 2.74. The Labute approximate surface area is 101 Å². The normalized spacial score (nSPS) is 18.6. The second-order valence-corrected chi connectivity index (χ2v) is 5.36. The molecule has 90 valence electrons. The highest BCUT2D eigenvalue weighted by Gasteiger charge is 2.28. The van der Waals surface area contributed by atoms with E-state index < -0.39 is 0 Å². The standard InChI is InChI=1S/C14H18N2O/c1-14(6-2-3-7-14)10-16-13-11-5-9-17-12(11)4-8-15-13/h4-5,8-9H,2-3,6-7,10H2,1H3,(H,15,16). The second kappa shape index (κ2) is 4.06. The summed E-state index contributed by atoms with van der Waals surface area (Å²) in [7, 11) is 0. The van der Waals surface area contributed by atoms with E-state index in [0.717, 1.165) is 23.3 Å². The van der Waals surface area contributed by atoms with Crippen molar-refractivity contribution in [3.8, 4) is 0 Å². The number of rotatable bonds is 3. The molecule has 17 heavy (non-hydrogen) atoms. The monoisotopic (exact) mass is 230 g/mol. The number of nitrogens with zero attached hydrogens (tertiary/aromatic N) is 1. The predicted molar refractivity (Wildman–Crippen MR) is 69.1 cm³/mol. The van der Waals surface area contributed by atoms with Crippen LogP contribution in [0.25, 0.3) is 11.0 Å². The van der Waals surface area contributed by atoms with Gasteiger partial charge in [-0.25, -0.2) is 4.98 Å². The molecule has 2 aromatic heterocycles. The summed E-state index contributed by atoms with van der Waals surface area (Å²) >= 11 is 0. The molecule has 3 heteroatoms. The summed E-state index contributed by atoms with van der Waals surface area (Å²) in [6, 6.07) is 3.87. The number of hydrogen-bond donors (Lipinski definition) is 1. The van der Waals surface area contributed by atoms with Crippen LogP contribution in [-0.2, 0) is 0 Å². The SMILES string of the molecule is CC1(CNc2nccc3occc23)CCCC1. The number of fused-ring (bicyclic) bond motifs is 1. The molecule has 0 bridgehead atoms. The van der Waals surface area contributed by atoms with E-state index >= 15 is 0 Å². The van der Waals surface area contributed by atoms with E-state index in [1.807, 2.05) is 12.1 Å². The molecule has 0 radical (unpaired) electrons. The Balaban J connectivity index is 1.78. The number of nitrogens with one attached hydrogen (secondary N) is 1. The molecule has 1 saturated carbocycles. The number of anilines is 1. The number of pyridine rings is 1. The fourth-order valence-corrected chi connectivity index (χ4v) is 2.74. The highest BCUT2D eigenvalue weighted by atomic mass is 16.3. The summed E-state index contributed by atoms with van der Waals surface area (Å²) in [6.07, 6.45) is 8.88. The van der Waals surface area contributed by atoms with Gasteiger partial charge in [0, 0.05) is 12.7 Å². The largest absolute Gasteiger partial charge is 0.464 e. The zero-order valence-electron chi connectivity index (χ0n) is 10.2. The van der Waals surface area contributed by atoms with Gasteiger partial charge < -0.3 is 9.73 Å². The van der Waals surface area contributed by atoms with Crippen molar-refractivity contribution in [2.45, 2.75) is 32.6 Å². The first-order valence-corrected chi connectivity index (χ1v) is 6.33. The molecule has 0 amide bonds. The van der Waals surface area contributed by atoms with Crippen LogP contribution in [0.15, 0.2) is 29.0 Å².